The summed E-state index contributed by atoms with van der Waals surface area (Å²) in [6.45, 7) is 5.86. The molecule has 0 N–H and O–H groups in total. The Bertz CT molecular complexity index is 462. The minimum absolute atomic E-state index is 0.306. The molecule has 3 nitrogen and oxygen atoms in total. The molecule has 0 aliphatic carbocycles. The second-order valence-electron chi connectivity index (χ2n) is 3.59. The van der Waals surface area contributed by atoms with Crippen molar-refractivity contribution < 1.29 is 13.6 Å². The van der Waals surface area contributed by atoms with E-state index in [-0.39, 0.29) is 0 Å². The van der Waals surface area contributed by atoms with Crippen LogP contribution in [0, 0.1) is 0 Å². The van der Waals surface area contributed by atoms with E-state index in [1.807, 2.05) is 30.3 Å². The van der Waals surface area contributed by atoms with Crippen LogP contribution < -0.4 is 0 Å². The van der Waals surface area contributed by atoms with Crippen molar-refractivity contribution in [3.05, 3.63) is 40.0 Å². The Morgan fingerprint density at radius 1 is 1.21 bits per heavy atom. The average molecular weight is 321 g/mol. The van der Waals surface area contributed by atoms with Crippen molar-refractivity contribution in [3.63, 3.8) is 0 Å². The van der Waals surface area contributed by atoms with Gasteiger partial charge in [0.2, 0.25) is 0 Å². The Morgan fingerprint density at radius 3 is 2.16 bits per heavy atom. The third kappa shape index (κ3) is 4.97. The highest BCUT2D eigenvalue weighted by Crippen LogP contribution is 2.63. The van der Waals surface area contributed by atoms with Crippen molar-refractivity contribution >= 4 is 31.0 Å². The molecule has 0 saturated carbocycles. The number of rotatable bonds is 7. The number of allylic oxidation sites excluding steroid dienone is 1. The second kappa shape index (κ2) is 8.13. The van der Waals surface area contributed by atoms with E-state index in [0.717, 1.165) is 4.90 Å². The van der Waals surface area contributed by atoms with Crippen molar-refractivity contribution in [1.29, 1.82) is 0 Å². The first-order valence-electron chi connectivity index (χ1n) is 6.02. The van der Waals surface area contributed by atoms with Crippen LogP contribution in [-0.4, -0.2) is 13.2 Å². The molecule has 0 saturated heterocycles. The maximum atomic E-state index is 12.8. The number of benzene rings is 1. The lowest BCUT2D eigenvalue weighted by molar-refractivity contribution is 0.228. The molecule has 1 rings (SSSR count). The normalized spacial score (nSPS) is 13.3. The number of hydrogen-bond acceptors (Lipinski definition) is 4. The van der Waals surface area contributed by atoms with E-state index in [1.165, 1.54) is 11.8 Å². The lowest BCUT2D eigenvalue weighted by atomic mass is 10.4. The van der Waals surface area contributed by atoms with Crippen LogP contribution in [0.5, 0.6) is 0 Å². The van der Waals surface area contributed by atoms with Gasteiger partial charge in [-0.2, -0.15) is 0 Å². The van der Waals surface area contributed by atoms with Crippen LogP contribution in [0.4, 0.5) is 0 Å². The van der Waals surface area contributed by atoms with Gasteiger partial charge in [0.1, 0.15) is 4.65 Å². The van der Waals surface area contributed by atoms with Crippen molar-refractivity contribution in [3.8, 4) is 0 Å². The minimum atomic E-state index is -3.34. The van der Waals surface area contributed by atoms with Crippen molar-refractivity contribution in [2.45, 2.75) is 25.7 Å². The van der Waals surface area contributed by atoms with E-state index in [4.69, 9.17) is 20.6 Å². The fourth-order valence-corrected chi connectivity index (χ4v) is 4.94. The maximum absolute atomic E-state index is 12.8. The van der Waals surface area contributed by atoms with Gasteiger partial charge in [-0.1, -0.05) is 41.6 Å². The first kappa shape index (κ1) is 16.8. The largest absolute Gasteiger partial charge is 0.369 e. The first-order valence-corrected chi connectivity index (χ1v) is 8.76. The molecule has 6 heteroatoms. The molecular weight excluding hydrogens is 303 g/mol. The van der Waals surface area contributed by atoms with Crippen LogP contribution in [0.25, 0.3) is 0 Å². The van der Waals surface area contributed by atoms with Gasteiger partial charge >= 0.3 is 7.60 Å². The zero-order chi connectivity index (χ0) is 14.3. The Hall–Kier alpha value is -0.250. The van der Waals surface area contributed by atoms with Crippen LogP contribution in [0.3, 0.4) is 0 Å². The van der Waals surface area contributed by atoms with E-state index >= 15 is 0 Å². The fourth-order valence-electron chi connectivity index (χ4n) is 1.41. The molecule has 0 fully saturated rings. The lowest BCUT2D eigenvalue weighted by Crippen LogP contribution is -1.98. The van der Waals surface area contributed by atoms with E-state index in [1.54, 1.807) is 20.8 Å². The minimum Gasteiger partial charge on any atom is -0.305 e. The standard InChI is InChI=1S/C13H18ClO3PS/c1-4-16-18(15,17-5-2)13(11(3)14)19-12-9-7-6-8-10-12/h6-10H,4-5H2,1-3H3/b13-11+. The summed E-state index contributed by atoms with van der Waals surface area (Å²) in [7, 11) is -3.34. The van der Waals surface area contributed by atoms with E-state index in [0.29, 0.717) is 22.9 Å². The Morgan fingerprint density at radius 2 is 1.74 bits per heavy atom. The zero-order valence-corrected chi connectivity index (χ0v) is 13.7. The molecule has 0 aliphatic heterocycles. The summed E-state index contributed by atoms with van der Waals surface area (Å²) in [5.74, 6) is 0. The summed E-state index contributed by atoms with van der Waals surface area (Å²) in [5.41, 5.74) is 0. The number of thioether (sulfide) groups is 1. The van der Waals surface area contributed by atoms with Crippen molar-refractivity contribution in [2.24, 2.45) is 0 Å². The van der Waals surface area contributed by atoms with Gasteiger partial charge in [-0.15, -0.1) is 0 Å². The van der Waals surface area contributed by atoms with Gasteiger partial charge in [0, 0.05) is 9.93 Å². The van der Waals surface area contributed by atoms with Crippen LogP contribution in [0.1, 0.15) is 20.8 Å². The highest BCUT2D eigenvalue weighted by molar-refractivity contribution is 8.10. The van der Waals surface area contributed by atoms with Gasteiger partial charge < -0.3 is 9.05 Å². The maximum Gasteiger partial charge on any atom is 0.369 e. The lowest BCUT2D eigenvalue weighted by Gasteiger charge is -2.20. The second-order valence-corrected chi connectivity index (χ2v) is 7.50. The molecule has 106 valence electrons. The molecule has 1 aromatic carbocycles. The molecule has 0 bridgehead atoms. The fraction of sp³-hybridized carbons (Fsp3) is 0.385. The molecular formula is C13H18ClO3PS. The van der Waals surface area contributed by atoms with Crippen LogP contribution in [0.15, 0.2) is 44.9 Å². The first-order chi connectivity index (χ1) is 9.03. The molecule has 1 aromatic rings. The quantitative estimate of drug-likeness (QED) is 0.493. The van der Waals surface area contributed by atoms with Gasteiger partial charge in [-0.3, -0.25) is 4.57 Å². The third-order valence-corrected chi connectivity index (χ3v) is 6.51. The SMILES string of the molecule is CCOP(=O)(OCC)/C(Sc1ccccc1)=C(/C)Cl. The predicted molar refractivity (Wildman–Crippen MR) is 81.7 cm³/mol. The molecule has 0 atom stereocenters. The summed E-state index contributed by atoms with van der Waals surface area (Å²) in [5, 5.41) is 0.430. The Balaban J connectivity index is 3.07. The van der Waals surface area contributed by atoms with Gasteiger partial charge in [-0.25, -0.2) is 0 Å². The van der Waals surface area contributed by atoms with Crippen LogP contribution in [0.2, 0.25) is 0 Å². The summed E-state index contributed by atoms with van der Waals surface area (Å²) in [6, 6.07) is 9.59. The summed E-state index contributed by atoms with van der Waals surface area (Å²) in [4.78, 5) is 0.942. The van der Waals surface area contributed by atoms with Gasteiger partial charge in [0.25, 0.3) is 0 Å². The summed E-state index contributed by atoms with van der Waals surface area (Å²) < 4.78 is 23.9. The molecule has 0 unspecified atom stereocenters. The number of halogens is 1. The Labute approximate surface area is 123 Å². The number of hydrogen-bond donors (Lipinski definition) is 0. The molecule has 0 aliphatic rings. The molecule has 0 amide bonds. The van der Waals surface area contributed by atoms with Crippen LogP contribution >= 0.6 is 31.0 Å². The molecule has 0 spiro atoms. The highest BCUT2D eigenvalue weighted by atomic mass is 35.5. The summed E-state index contributed by atoms with van der Waals surface area (Å²) >= 11 is 7.39. The van der Waals surface area contributed by atoms with E-state index < -0.39 is 7.60 Å². The zero-order valence-electron chi connectivity index (χ0n) is 11.3. The smallest absolute Gasteiger partial charge is 0.305 e. The van der Waals surface area contributed by atoms with Crippen molar-refractivity contribution in [2.75, 3.05) is 13.2 Å². The third-order valence-electron chi connectivity index (χ3n) is 2.10. The molecule has 0 aromatic heterocycles. The molecule has 19 heavy (non-hydrogen) atoms. The predicted octanol–water partition coefficient (Wildman–Crippen LogP) is 5.47. The molecule has 0 radical (unpaired) electrons. The Kier molecular flexibility index (Phi) is 7.19. The van der Waals surface area contributed by atoms with Crippen LogP contribution in [-0.2, 0) is 13.6 Å². The highest BCUT2D eigenvalue weighted by Gasteiger charge is 2.32. The van der Waals surface area contributed by atoms with E-state index in [2.05, 4.69) is 0 Å². The average Bonchev–Trinajstić information content (AvgIpc) is 2.37. The molecule has 0 heterocycles. The van der Waals surface area contributed by atoms with Gasteiger partial charge in [0.15, 0.2) is 0 Å². The van der Waals surface area contributed by atoms with Gasteiger partial charge in [-0.05, 0) is 32.9 Å². The summed E-state index contributed by atoms with van der Waals surface area (Å²) in [6.07, 6.45) is 0. The van der Waals surface area contributed by atoms with Gasteiger partial charge in [0.05, 0.1) is 13.2 Å². The van der Waals surface area contributed by atoms with E-state index in [9.17, 15) is 4.57 Å². The monoisotopic (exact) mass is 320 g/mol. The van der Waals surface area contributed by atoms with Crippen molar-refractivity contribution in [1.82, 2.24) is 0 Å². The topological polar surface area (TPSA) is 35.5 Å².